The van der Waals surface area contributed by atoms with E-state index in [2.05, 4.69) is 27.0 Å². The minimum absolute atomic E-state index is 0.0246. The maximum Gasteiger partial charge on any atom is 0.274 e. The molecule has 0 spiro atoms. The molecule has 0 aliphatic heterocycles. The van der Waals surface area contributed by atoms with Gasteiger partial charge >= 0.3 is 0 Å². The molecular weight excluding hydrogens is 436 g/mol. The van der Waals surface area contributed by atoms with E-state index in [1.165, 1.54) is 18.2 Å². The summed E-state index contributed by atoms with van der Waals surface area (Å²) in [5, 5.41) is 16.9. The van der Waals surface area contributed by atoms with Crippen molar-refractivity contribution in [3.05, 3.63) is 82.8 Å². The second-order valence-corrected chi connectivity index (χ2v) is 8.91. The fourth-order valence-corrected chi connectivity index (χ4v) is 5.31. The number of benzene rings is 1. The molecule has 2 aromatic heterocycles. The molecule has 1 fully saturated rings. The van der Waals surface area contributed by atoms with Gasteiger partial charge in [0, 0.05) is 19.0 Å². The average Bonchev–Trinajstić information content (AvgIpc) is 3.29. The van der Waals surface area contributed by atoms with E-state index in [-0.39, 0.29) is 23.1 Å². The Kier molecular flexibility index (Phi) is 5.46. The molecule has 2 aliphatic rings. The molecule has 2 atom stereocenters. The maximum atomic E-state index is 14.4. The van der Waals surface area contributed by atoms with E-state index < -0.39 is 17.0 Å². The summed E-state index contributed by atoms with van der Waals surface area (Å²) >= 11 is 0. The predicted molar refractivity (Wildman–Crippen MR) is 123 cm³/mol. The summed E-state index contributed by atoms with van der Waals surface area (Å²) in [5.41, 5.74) is 3.17. The van der Waals surface area contributed by atoms with Crippen LogP contribution in [0, 0.1) is 11.6 Å². The molecule has 0 N–H and O–H groups in total. The summed E-state index contributed by atoms with van der Waals surface area (Å²) in [6.07, 6.45) is 2.38. The lowest BCUT2D eigenvalue weighted by Gasteiger charge is -2.34. The van der Waals surface area contributed by atoms with Crippen LogP contribution in [0.2, 0.25) is 0 Å². The number of likely N-dealkylation sites (N-methyl/N-ethyl adjacent to an activating group) is 1. The number of carbonyl (C=O) groups is 1. The van der Waals surface area contributed by atoms with E-state index in [0.717, 1.165) is 41.8 Å². The van der Waals surface area contributed by atoms with Crippen LogP contribution in [-0.4, -0.2) is 44.3 Å². The van der Waals surface area contributed by atoms with Crippen LogP contribution in [-0.2, 0) is 11.8 Å². The van der Waals surface area contributed by atoms with Crippen molar-refractivity contribution in [1.29, 1.82) is 0 Å². The maximum absolute atomic E-state index is 14.4. The molecule has 174 valence electrons. The molecular formula is C26H25F2N5O. The second kappa shape index (κ2) is 8.34. The fourth-order valence-electron chi connectivity index (χ4n) is 5.31. The number of aryl methyl sites for hydroxylation is 1. The van der Waals surface area contributed by atoms with Gasteiger partial charge in [-0.05, 0) is 62.1 Å². The second-order valence-electron chi connectivity index (χ2n) is 8.91. The first-order valence-corrected chi connectivity index (χ1v) is 11.5. The molecule has 0 saturated heterocycles. The highest BCUT2D eigenvalue weighted by molar-refractivity contribution is 5.92. The smallest absolute Gasteiger partial charge is 0.274 e. The number of hydrogen-bond acceptors (Lipinski definition) is 5. The van der Waals surface area contributed by atoms with Crippen LogP contribution in [0.1, 0.15) is 60.0 Å². The molecule has 1 aromatic carbocycles. The van der Waals surface area contributed by atoms with Crippen LogP contribution in [0.25, 0.3) is 11.3 Å². The van der Waals surface area contributed by atoms with E-state index in [4.69, 9.17) is 0 Å². The van der Waals surface area contributed by atoms with Crippen molar-refractivity contribution < 1.29 is 13.6 Å². The topological polar surface area (TPSA) is 71.9 Å². The molecule has 8 heteroatoms. The van der Waals surface area contributed by atoms with Gasteiger partial charge in [-0.3, -0.25) is 4.79 Å². The first-order valence-electron chi connectivity index (χ1n) is 11.5. The van der Waals surface area contributed by atoms with E-state index in [1.54, 1.807) is 17.0 Å². The molecule has 0 unspecified atom stereocenters. The standard InChI is InChI=1S/C26H25F2N5O/c1-4-16-9-10-21(30-29-16)25(34)33(5-2)14-26-12-11-17(15(26)3)18-13-22(31-32-24(18)26)23-19(27)7-6-8-20(23)28/h6-10,13,17H,3-5,11-12,14H2,1-2H3/t17-,26-/m1/s1. The van der Waals surface area contributed by atoms with Gasteiger partial charge in [0.1, 0.15) is 11.6 Å². The SMILES string of the molecule is C=C1[C@H]2CC[C@]1(CN(CC)C(=O)c1ccc(CC)nn1)c1nnc(-c3c(F)cccc3F)cc12. The normalized spacial score (nSPS) is 20.5. The molecule has 1 amide bonds. The van der Waals surface area contributed by atoms with E-state index >= 15 is 0 Å². The first kappa shape index (κ1) is 22.3. The van der Waals surface area contributed by atoms with Gasteiger partial charge in [-0.25, -0.2) is 8.78 Å². The monoisotopic (exact) mass is 461 g/mol. The fraction of sp³-hybridized carbons (Fsp3) is 0.346. The number of rotatable bonds is 6. The van der Waals surface area contributed by atoms with Gasteiger partial charge < -0.3 is 4.90 Å². The third-order valence-electron chi connectivity index (χ3n) is 7.20. The van der Waals surface area contributed by atoms with E-state index in [1.807, 2.05) is 19.9 Å². The zero-order valence-electron chi connectivity index (χ0n) is 19.2. The summed E-state index contributed by atoms with van der Waals surface area (Å²) in [5.74, 6) is -1.53. The Morgan fingerprint density at radius 2 is 1.88 bits per heavy atom. The lowest BCUT2D eigenvalue weighted by molar-refractivity contribution is 0.0726. The van der Waals surface area contributed by atoms with Gasteiger partial charge in [0.25, 0.3) is 5.91 Å². The van der Waals surface area contributed by atoms with Crippen LogP contribution in [0.3, 0.4) is 0 Å². The summed E-state index contributed by atoms with van der Waals surface area (Å²) in [4.78, 5) is 15.0. The van der Waals surface area contributed by atoms with Gasteiger partial charge in [-0.1, -0.05) is 25.1 Å². The summed E-state index contributed by atoms with van der Waals surface area (Å²) < 4.78 is 28.7. The Bertz CT molecular complexity index is 1270. The van der Waals surface area contributed by atoms with Gasteiger partial charge in [0.05, 0.1) is 28.1 Å². The summed E-state index contributed by atoms with van der Waals surface area (Å²) in [7, 11) is 0. The molecule has 2 aliphatic carbocycles. The Hall–Kier alpha value is -3.55. The number of nitrogens with zero attached hydrogens (tertiary/aromatic N) is 5. The third kappa shape index (κ3) is 3.31. The Labute approximate surface area is 196 Å². The molecule has 34 heavy (non-hydrogen) atoms. The summed E-state index contributed by atoms with van der Waals surface area (Å²) in [6.45, 7) is 9.14. The summed E-state index contributed by atoms with van der Waals surface area (Å²) in [6, 6.07) is 8.99. The minimum Gasteiger partial charge on any atom is -0.336 e. The Balaban J connectivity index is 1.49. The Morgan fingerprint density at radius 3 is 2.53 bits per heavy atom. The molecule has 2 heterocycles. The number of amides is 1. The minimum atomic E-state index is -0.677. The predicted octanol–water partition coefficient (Wildman–Crippen LogP) is 4.62. The van der Waals surface area contributed by atoms with E-state index in [9.17, 15) is 13.6 Å². The zero-order valence-corrected chi connectivity index (χ0v) is 19.2. The lowest BCUT2D eigenvalue weighted by Crippen LogP contribution is -2.43. The number of halogens is 2. The van der Waals surface area contributed by atoms with Gasteiger partial charge in [-0.2, -0.15) is 10.2 Å². The third-order valence-corrected chi connectivity index (χ3v) is 7.20. The number of carbonyl (C=O) groups excluding carboxylic acids is 1. The van der Waals surface area contributed by atoms with Crippen molar-refractivity contribution in [2.24, 2.45) is 0 Å². The molecule has 1 saturated carbocycles. The first-order chi connectivity index (χ1) is 16.4. The van der Waals surface area contributed by atoms with Crippen molar-refractivity contribution in [2.75, 3.05) is 13.1 Å². The van der Waals surface area contributed by atoms with Crippen LogP contribution in [0.15, 0.2) is 48.6 Å². The molecule has 0 radical (unpaired) electrons. The van der Waals surface area contributed by atoms with Crippen LogP contribution in [0.4, 0.5) is 8.78 Å². The zero-order chi connectivity index (χ0) is 24.0. The van der Waals surface area contributed by atoms with E-state index in [0.29, 0.717) is 18.8 Å². The van der Waals surface area contributed by atoms with Crippen molar-refractivity contribution in [3.63, 3.8) is 0 Å². The van der Waals surface area contributed by atoms with Crippen LogP contribution >= 0.6 is 0 Å². The van der Waals surface area contributed by atoms with Crippen molar-refractivity contribution >= 4 is 5.91 Å². The van der Waals surface area contributed by atoms with Crippen molar-refractivity contribution in [3.8, 4) is 11.3 Å². The lowest BCUT2D eigenvalue weighted by atomic mass is 9.80. The van der Waals surface area contributed by atoms with Crippen LogP contribution < -0.4 is 0 Å². The number of aromatic nitrogens is 4. The number of fused-ring (bicyclic) bond motifs is 5. The van der Waals surface area contributed by atoms with Crippen molar-refractivity contribution in [2.45, 2.75) is 44.4 Å². The average molecular weight is 462 g/mol. The molecule has 5 rings (SSSR count). The quantitative estimate of drug-likeness (QED) is 0.501. The molecule has 2 bridgehead atoms. The highest BCUT2D eigenvalue weighted by Crippen LogP contribution is 2.60. The highest BCUT2D eigenvalue weighted by Gasteiger charge is 2.55. The van der Waals surface area contributed by atoms with Crippen LogP contribution in [0.5, 0.6) is 0 Å². The van der Waals surface area contributed by atoms with Gasteiger partial charge in [0.15, 0.2) is 5.69 Å². The largest absolute Gasteiger partial charge is 0.336 e. The van der Waals surface area contributed by atoms with Gasteiger partial charge in [0.2, 0.25) is 0 Å². The van der Waals surface area contributed by atoms with Gasteiger partial charge in [-0.15, -0.1) is 10.2 Å². The Morgan fingerprint density at radius 1 is 1.12 bits per heavy atom. The molecule has 6 nitrogen and oxygen atoms in total. The van der Waals surface area contributed by atoms with Crippen molar-refractivity contribution in [1.82, 2.24) is 25.3 Å². The molecule has 3 aromatic rings. The number of hydrogen-bond donors (Lipinski definition) is 0. The highest BCUT2D eigenvalue weighted by atomic mass is 19.1.